The first-order chi connectivity index (χ1) is 9.54. The summed E-state index contributed by atoms with van der Waals surface area (Å²) in [5.41, 5.74) is 3.76. The van der Waals surface area contributed by atoms with Crippen LogP contribution in [-0.4, -0.2) is 24.1 Å². The van der Waals surface area contributed by atoms with Crippen LogP contribution in [0.15, 0.2) is 33.8 Å². The van der Waals surface area contributed by atoms with E-state index in [0.29, 0.717) is 10.0 Å². The predicted molar refractivity (Wildman–Crippen MR) is 82.6 cm³/mol. The SMILES string of the molecule is CCC/C(C)=N/NC(=O)CNC(=O)c1ccccc1Br. The smallest absolute Gasteiger partial charge is 0.259 e. The number of nitrogens with zero attached hydrogens (tertiary/aromatic N) is 1. The number of halogens is 1. The fraction of sp³-hybridized carbons (Fsp3) is 0.357. The van der Waals surface area contributed by atoms with Crippen molar-refractivity contribution < 1.29 is 9.59 Å². The molecule has 1 aromatic rings. The molecule has 1 rings (SSSR count). The highest BCUT2D eigenvalue weighted by Gasteiger charge is 2.10. The summed E-state index contributed by atoms with van der Waals surface area (Å²) in [7, 11) is 0. The molecule has 1 aromatic carbocycles. The van der Waals surface area contributed by atoms with E-state index in [2.05, 4.69) is 31.8 Å². The Bertz CT molecular complexity index is 515. The highest BCUT2D eigenvalue weighted by atomic mass is 79.9. The largest absolute Gasteiger partial charge is 0.343 e. The standard InChI is InChI=1S/C14H18BrN3O2/c1-3-6-10(2)17-18-13(19)9-16-14(20)11-7-4-5-8-12(11)15/h4-5,7-8H,3,6,9H2,1-2H3,(H,16,20)(H,18,19)/b17-10+. The maximum absolute atomic E-state index is 11.9. The molecule has 2 N–H and O–H groups in total. The Morgan fingerprint density at radius 2 is 2.00 bits per heavy atom. The topological polar surface area (TPSA) is 70.6 Å². The van der Waals surface area contributed by atoms with Gasteiger partial charge >= 0.3 is 0 Å². The third-order valence-corrected chi connectivity index (χ3v) is 3.20. The van der Waals surface area contributed by atoms with Crippen LogP contribution in [-0.2, 0) is 4.79 Å². The van der Waals surface area contributed by atoms with Crippen LogP contribution >= 0.6 is 15.9 Å². The van der Waals surface area contributed by atoms with Gasteiger partial charge in [0.25, 0.3) is 11.8 Å². The molecule has 0 radical (unpaired) electrons. The van der Waals surface area contributed by atoms with Crippen molar-refractivity contribution in [1.82, 2.24) is 10.7 Å². The van der Waals surface area contributed by atoms with Crippen LogP contribution in [0, 0.1) is 0 Å². The molecule has 0 fully saturated rings. The average Bonchev–Trinajstić information content (AvgIpc) is 2.43. The van der Waals surface area contributed by atoms with Crippen molar-refractivity contribution in [3.63, 3.8) is 0 Å². The van der Waals surface area contributed by atoms with Gasteiger partial charge in [0.1, 0.15) is 0 Å². The number of hydrogen-bond donors (Lipinski definition) is 2. The highest BCUT2D eigenvalue weighted by Crippen LogP contribution is 2.15. The van der Waals surface area contributed by atoms with Gasteiger partial charge in [0, 0.05) is 10.2 Å². The summed E-state index contributed by atoms with van der Waals surface area (Å²) in [5.74, 6) is -0.650. The average molecular weight is 340 g/mol. The number of hydrogen-bond acceptors (Lipinski definition) is 3. The van der Waals surface area contributed by atoms with Crippen LogP contribution in [0.5, 0.6) is 0 Å². The van der Waals surface area contributed by atoms with Gasteiger partial charge in [-0.05, 0) is 41.4 Å². The van der Waals surface area contributed by atoms with Crippen LogP contribution in [0.4, 0.5) is 0 Å². The van der Waals surface area contributed by atoms with Crippen molar-refractivity contribution in [1.29, 1.82) is 0 Å². The van der Waals surface area contributed by atoms with E-state index in [0.717, 1.165) is 18.6 Å². The van der Waals surface area contributed by atoms with Gasteiger partial charge in [-0.2, -0.15) is 5.10 Å². The van der Waals surface area contributed by atoms with E-state index < -0.39 is 0 Å². The summed E-state index contributed by atoms with van der Waals surface area (Å²) in [6.07, 6.45) is 1.81. The van der Waals surface area contributed by atoms with Crippen LogP contribution in [0.25, 0.3) is 0 Å². The lowest BCUT2D eigenvalue weighted by Crippen LogP contribution is -2.35. The molecular weight excluding hydrogens is 322 g/mol. The van der Waals surface area contributed by atoms with E-state index in [9.17, 15) is 9.59 Å². The molecule has 5 nitrogen and oxygen atoms in total. The van der Waals surface area contributed by atoms with E-state index in [4.69, 9.17) is 0 Å². The summed E-state index contributed by atoms with van der Waals surface area (Å²) in [6, 6.07) is 7.03. The molecule has 0 saturated heterocycles. The normalized spacial score (nSPS) is 11.1. The van der Waals surface area contributed by atoms with Gasteiger partial charge in [0.15, 0.2) is 0 Å². The van der Waals surface area contributed by atoms with Crippen molar-refractivity contribution in [3.8, 4) is 0 Å². The third kappa shape index (κ3) is 5.52. The zero-order valence-electron chi connectivity index (χ0n) is 11.6. The van der Waals surface area contributed by atoms with Gasteiger partial charge in [-0.3, -0.25) is 9.59 Å². The van der Waals surface area contributed by atoms with Gasteiger partial charge in [-0.1, -0.05) is 25.5 Å². The van der Waals surface area contributed by atoms with E-state index in [1.165, 1.54) is 0 Å². The van der Waals surface area contributed by atoms with Gasteiger partial charge in [-0.25, -0.2) is 5.43 Å². The van der Waals surface area contributed by atoms with Crippen LogP contribution < -0.4 is 10.7 Å². The number of benzene rings is 1. The number of amides is 2. The van der Waals surface area contributed by atoms with E-state index >= 15 is 0 Å². The van der Waals surface area contributed by atoms with Gasteiger partial charge in [0.05, 0.1) is 12.1 Å². The molecule has 6 heteroatoms. The first-order valence-corrected chi connectivity index (χ1v) is 7.18. The summed E-state index contributed by atoms with van der Waals surface area (Å²) in [5, 5.41) is 6.48. The molecule has 20 heavy (non-hydrogen) atoms. The minimum absolute atomic E-state index is 0.108. The molecule has 0 aliphatic carbocycles. The fourth-order valence-corrected chi connectivity index (χ4v) is 1.98. The Labute approximate surface area is 127 Å². The Morgan fingerprint density at radius 1 is 1.30 bits per heavy atom. The predicted octanol–water partition coefficient (Wildman–Crippen LogP) is 2.47. The molecule has 0 aromatic heterocycles. The molecule has 0 atom stereocenters. The molecule has 0 bridgehead atoms. The fourth-order valence-electron chi connectivity index (χ4n) is 1.52. The summed E-state index contributed by atoms with van der Waals surface area (Å²) in [6.45, 7) is 3.78. The second-order valence-electron chi connectivity index (χ2n) is 4.29. The Balaban J connectivity index is 2.44. The molecule has 0 heterocycles. The second kappa shape index (κ2) is 8.47. The summed E-state index contributed by atoms with van der Waals surface area (Å²) >= 11 is 3.29. The van der Waals surface area contributed by atoms with E-state index in [1.54, 1.807) is 18.2 Å². The summed E-state index contributed by atoms with van der Waals surface area (Å²) < 4.78 is 0.690. The van der Waals surface area contributed by atoms with E-state index in [-0.39, 0.29) is 18.4 Å². The molecule has 2 amide bonds. The zero-order chi connectivity index (χ0) is 15.0. The molecule has 0 saturated carbocycles. The van der Waals surface area contributed by atoms with Crippen LogP contribution in [0.3, 0.4) is 0 Å². The Hall–Kier alpha value is -1.69. The van der Waals surface area contributed by atoms with Crippen LogP contribution in [0.1, 0.15) is 37.0 Å². The molecule has 0 aliphatic heterocycles. The monoisotopic (exact) mass is 339 g/mol. The maximum Gasteiger partial charge on any atom is 0.259 e. The van der Waals surface area contributed by atoms with E-state index in [1.807, 2.05) is 19.9 Å². The number of rotatable bonds is 6. The first-order valence-electron chi connectivity index (χ1n) is 6.39. The van der Waals surface area contributed by atoms with Crippen LogP contribution in [0.2, 0.25) is 0 Å². The van der Waals surface area contributed by atoms with Gasteiger partial charge < -0.3 is 5.32 Å². The number of hydrazone groups is 1. The first kappa shape index (κ1) is 16.4. The zero-order valence-corrected chi connectivity index (χ0v) is 13.2. The Morgan fingerprint density at radius 3 is 2.65 bits per heavy atom. The van der Waals surface area contributed by atoms with Crippen molar-refractivity contribution in [2.24, 2.45) is 5.10 Å². The number of nitrogens with one attached hydrogen (secondary N) is 2. The molecule has 0 unspecified atom stereocenters. The van der Waals surface area contributed by atoms with Crippen molar-refractivity contribution >= 4 is 33.5 Å². The third-order valence-electron chi connectivity index (χ3n) is 2.51. The molecule has 0 aliphatic rings. The van der Waals surface area contributed by atoms with Crippen molar-refractivity contribution in [3.05, 3.63) is 34.3 Å². The maximum atomic E-state index is 11.9. The van der Waals surface area contributed by atoms with Crippen molar-refractivity contribution in [2.45, 2.75) is 26.7 Å². The Kier molecular flexibility index (Phi) is 6.93. The summed E-state index contributed by atoms with van der Waals surface area (Å²) in [4.78, 5) is 23.4. The lowest BCUT2D eigenvalue weighted by Gasteiger charge is -2.06. The minimum atomic E-state index is -0.346. The lowest BCUT2D eigenvalue weighted by atomic mass is 10.2. The highest BCUT2D eigenvalue weighted by molar-refractivity contribution is 9.10. The van der Waals surface area contributed by atoms with Gasteiger partial charge in [-0.15, -0.1) is 0 Å². The molecular formula is C14H18BrN3O2. The number of carbonyl (C=O) groups excluding carboxylic acids is 2. The molecule has 0 spiro atoms. The van der Waals surface area contributed by atoms with Crippen molar-refractivity contribution in [2.75, 3.05) is 6.54 Å². The lowest BCUT2D eigenvalue weighted by molar-refractivity contribution is -0.120. The number of carbonyl (C=O) groups is 2. The quantitative estimate of drug-likeness (QED) is 0.617. The van der Waals surface area contributed by atoms with Gasteiger partial charge in [0.2, 0.25) is 0 Å². The second-order valence-corrected chi connectivity index (χ2v) is 5.15. The molecule has 108 valence electrons. The minimum Gasteiger partial charge on any atom is -0.343 e.